The van der Waals surface area contributed by atoms with Crippen LogP contribution in [0.15, 0.2) is 29.4 Å². The Balaban J connectivity index is 2.15. The molecule has 4 nitrogen and oxygen atoms in total. The monoisotopic (exact) mass is 290 g/mol. The van der Waals surface area contributed by atoms with Crippen LogP contribution in [0, 0.1) is 6.92 Å². The van der Waals surface area contributed by atoms with Gasteiger partial charge in [-0.1, -0.05) is 41.6 Å². The van der Waals surface area contributed by atoms with Crippen molar-refractivity contribution in [3.8, 4) is 0 Å². The van der Waals surface area contributed by atoms with Crippen LogP contribution in [0.5, 0.6) is 0 Å². The second kappa shape index (κ2) is 6.31. The van der Waals surface area contributed by atoms with E-state index >= 15 is 0 Å². The van der Waals surface area contributed by atoms with Crippen LogP contribution in [0.2, 0.25) is 0 Å². The summed E-state index contributed by atoms with van der Waals surface area (Å²) in [6.07, 6.45) is 0. The summed E-state index contributed by atoms with van der Waals surface area (Å²) in [5.41, 5.74) is 2.60. The molecule has 0 saturated carbocycles. The fraction of sp³-hybridized carbons (Fsp3) is 0.467. The van der Waals surface area contributed by atoms with Gasteiger partial charge in [-0.15, -0.1) is 10.2 Å². The Kier molecular flexibility index (Phi) is 4.70. The fourth-order valence-corrected chi connectivity index (χ4v) is 2.98. The number of thioether (sulfide) groups is 1. The molecule has 20 heavy (non-hydrogen) atoms. The van der Waals surface area contributed by atoms with Gasteiger partial charge in [0.15, 0.2) is 5.16 Å². The van der Waals surface area contributed by atoms with Gasteiger partial charge in [0.2, 0.25) is 5.95 Å². The van der Waals surface area contributed by atoms with E-state index in [1.165, 1.54) is 11.1 Å². The number of rotatable bonds is 5. The van der Waals surface area contributed by atoms with E-state index in [-0.39, 0.29) is 0 Å². The molecule has 0 aliphatic rings. The second-order valence-electron chi connectivity index (χ2n) is 5.42. The Hall–Kier alpha value is -1.49. The third-order valence-corrected chi connectivity index (χ3v) is 4.07. The van der Waals surface area contributed by atoms with Crippen LogP contribution in [0.3, 0.4) is 0 Å². The molecule has 0 unspecified atom stereocenters. The first kappa shape index (κ1) is 14.9. The highest BCUT2D eigenvalue weighted by molar-refractivity contribution is 7.98. The van der Waals surface area contributed by atoms with Crippen molar-refractivity contribution in [3.05, 3.63) is 35.4 Å². The predicted octanol–water partition coefficient (Wildman–Crippen LogP) is 3.53. The minimum Gasteiger partial charge on any atom is -0.347 e. The van der Waals surface area contributed by atoms with Gasteiger partial charge in [-0.3, -0.25) is 4.57 Å². The van der Waals surface area contributed by atoms with Gasteiger partial charge in [-0.25, -0.2) is 0 Å². The minimum atomic E-state index is 0.350. The van der Waals surface area contributed by atoms with Crippen LogP contribution in [0.1, 0.15) is 31.0 Å². The second-order valence-corrected chi connectivity index (χ2v) is 6.36. The molecule has 2 rings (SSSR count). The van der Waals surface area contributed by atoms with Gasteiger partial charge in [-0.2, -0.15) is 0 Å². The topological polar surface area (TPSA) is 34.0 Å². The van der Waals surface area contributed by atoms with Gasteiger partial charge in [0.1, 0.15) is 0 Å². The van der Waals surface area contributed by atoms with Crippen molar-refractivity contribution in [2.45, 2.75) is 37.7 Å². The third kappa shape index (κ3) is 3.33. The largest absolute Gasteiger partial charge is 0.347 e. The van der Waals surface area contributed by atoms with Crippen molar-refractivity contribution in [2.75, 3.05) is 19.0 Å². The molecule has 2 aromatic rings. The number of anilines is 1. The molecule has 1 heterocycles. The van der Waals surface area contributed by atoms with Gasteiger partial charge in [0.05, 0.1) is 0 Å². The summed E-state index contributed by atoms with van der Waals surface area (Å²) in [5, 5.41) is 9.58. The molecule has 5 heteroatoms. The first-order valence-corrected chi connectivity index (χ1v) is 7.78. The summed E-state index contributed by atoms with van der Waals surface area (Å²) in [5.74, 6) is 1.82. The number of nitrogens with zero attached hydrogens (tertiary/aromatic N) is 4. The molecule has 108 valence electrons. The van der Waals surface area contributed by atoms with Crippen LogP contribution in [-0.2, 0) is 5.75 Å². The van der Waals surface area contributed by atoms with E-state index in [2.05, 4.69) is 59.8 Å². The van der Waals surface area contributed by atoms with Gasteiger partial charge in [-0.05, 0) is 26.3 Å². The zero-order chi connectivity index (χ0) is 14.7. The van der Waals surface area contributed by atoms with Crippen LogP contribution in [0.25, 0.3) is 0 Å². The van der Waals surface area contributed by atoms with Gasteiger partial charge in [0.25, 0.3) is 0 Å². The number of hydrogen-bond donors (Lipinski definition) is 0. The smallest absolute Gasteiger partial charge is 0.227 e. The lowest BCUT2D eigenvalue weighted by atomic mass is 10.2. The lowest BCUT2D eigenvalue weighted by Crippen LogP contribution is -2.17. The lowest BCUT2D eigenvalue weighted by molar-refractivity contribution is 0.549. The summed E-state index contributed by atoms with van der Waals surface area (Å²) in [6, 6.07) is 8.99. The molecule has 0 saturated heterocycles. The molecular weight excluding hydrogens is 268 g/mol. The molecular formula is C15H22N4S. The van der Waals surface area contributed by atoms with Crippen molar-refractivity contribution in [2.24, 2.45) is 0 Å². The maximum atomic E-state index is 4.33. The molecule has 1 aromatic heterocycles. The first-order valence-electron chi connectivity index (χ1n) is 6.79. The zero-order valence-electron chi connectivity index (χ0n) is 12.8. The summed E-state index contributed by atoms with van der Waals surface area (Å²) in [7, 11) is 3.99. The Morgan fingerprint density at radius 3 is 2.35 bits per heavy atom. The number of aromatic nitrogens is 3. The summed E-state index contributed by atoms with van der Waals surface area (Å²) in [4.78, 5) is 2.00. The van der Waals surface area contributed by atoms with E-state index in [4.69, 9.17) is 0 Å². The normalized spacial score (nSPS) is 11.1. The van der Waals surface area contributed by atoms with E-state index in [1.54, 1.807) is 11.8 Å². The quantitative estimate of drug-likeness (QED) is 0.789. The highest BCUT2D eigenvalue weighted by Gasteiger charge is 2.16. The molecule has 0 spiro atoms. The standard InChI is InChI=1S/C15H22N4S/c1-11(2)19-14(18(4)5)16-17-15(19)20-10-13-8-6-12(3)7-9-13/h6-9,11H,10H2,1-5H3. The maximum Gasteiger partial charge on any atom is 0.227 e. The Morgan fingerprint density at radius 1 is 1.15 bits per heavy atom. The van der Waals surface area contributed by atoms with Gasteiger partial charge < -0.3 is 4.90 Å². The molecule has 0 bridgehead atoms. The molecule has 0 radical (unpaired) electrons. The molecule has 0 amide bonds. The average Bonchev–Trinajstić information content (AvgIpc) is 2.82. The van der Waals surface area contributed by atoms with Gasteiger partial charge >= 0.3 is 0 Å². The lowest BCUT2D eigenvalue weighted by Gasteiger charge is -2.17. The molecule has 0 N–H and O–H groups in total. The van der Waals surface area contributed by atoms with E-state index in [0.29, 0.717) is 6.04 Å². The molecule has 0 atom stereocenters. The van der Waals surface area contributed by atoms with Crippen molar-refractivity contribution in [3.63, 3.8) is 0 Å². The van der Waals surface area contributed by atoms with Crippen molar-refractivity contribution >= 4 is 17.7 Å². The minimum absolute atomic E-state index is 0.350. The third-order valence-electron chi connectivity index (χ3n) is 3.05. The first-order chi connectivity index (χ1) is 9.49. The van der Waals surface area contributed by atoms with Crippen molar-refractivity contribution < 1.29 is 0 Å². The summed E-state index contributed by atoms with van der Waals surface area (Å²) >= 11 is 1.74. The highest BCUT2D eigenvalue weighted by atomic mass is 32.2. The number of aryl methyl sites for hydroxylation is 1. The molecule has 0 aliphatic carbocycles. The van der Waals surface area contributed by atoms with Crippen LogP contribution < -0.4 is 4.90 Å². The SMILES string of the molecule is Cc1ccc(CSc2nnc(N(C)C)n2C(C)C)cc1. The van der Waals surface area contributed by atoms with Crippen LogP contribution >= 0.6 is 11.8 Å². The van der Waals surface area contributed by atoms with E-state index in [0.717, 1.165) is 16.9 Å². The fourth-order valence-electron chi connectivity index (χ4n) is 1.96. The van der Waals surface area contributed by atoms with E-state index < -0.39 is 0 Å². The van der Waals surface area contributed by atoms with Gasteiger partial charge in [0, 0.05) is 25.9 Å². The summed E-state index contributed by atoms with van der Waals surface area (Å²) < 4.78 is 2.18. The van der Waals surface area contributed by atoms with Crippen molar-refractivity contribution in [1.82, 2.24) is 14.8 Å². The van der Waals surface area contributed by atoms with E-state index in [1.807, 2.05) is 19.0 Å². The number of benzene rings is 1. The Bertz CT molecular complexity index is 558. The van der Waals surface area contributed by atoms with Crippen LogP contribution in [0.4, 0.5) is 5.95 Å². The molecule has 1 aromatic carbocycles. The van der Waals surface area contributed by atoms with E-state index in [9.17, 15) is 0 Å². The summed E-state index contributed by atoms with van der Waals surface area (Å²) in [6.45, 7) is 6.42. The zero-order valence-corrected chi connectivity index (χ0v) is 13.6. The molecule has 0 aliphatic heterocycles. The average molecular weight is 290 g/mol. The predicted molar refractivity (Wildman–Crippen MR) is 85.5 cm³/mol. The number of hydrogen-bond acceptors (Lipinski definition) is 4. The van der Waals surface area contributed by atoms with Crippen molar-refractivity contribution in [1.29, 1.82) is 0 Å². The highest BCUT2D eigenvalue weighted by Crippen LogP contribution is 2.27. The Labute approximate surface area is 125 Å². The Morgan fingerprint density at radius 2 is 1.80 bits per heavy atom. The molecule has 0 fully saturated rings. The maximum absolute atomic E-state index is 4.33. The van der Waals surface area contributed by atoms with Crippen LogP contribution in [-0.4, -0.2) is 28.9 Å².